The number of ether oxygens (including phenoxy) is 3. The standard InChI is InChI=1S/C21H24N4O3S.ClH/c1-26-17-11-14(10-15-13-24-21(23)25-20(15)22)12-18(19(17)27-2)28-8-9-29-16-6-4-3-5-7-16;/h3-7,11-13H,8-10H2,1-2H3,(H4,22,23,24,25);1H. The molecule has 0 bridgehead atoms. The molecule has 1 heterocycles. The molecule has 0 saturated heterocycles. The second-order valence-electron chi connectivity index (χ2n) is 6.15. The molecule has 1 aromatic heterocycles. The zero-order valence-electron chi connectivity index (χ0n) is 16.8. The molecule has 160 valence electrons. The van der Waals surface area contributed by atoms with Crippen molar-refractivity contribution >= 4 is 35.9 Å². The quantitative estimate of drug-likeness (QED) is 0.375. The molecule has 30 heavy (non-hydrogen) atoms. The number of nitrogen functional groups attached to an aromatic ring is 2. The largest absolute Gasteiger partial charge is 0.493 e. The van der Waals surface area contributed by atoms with Crippen LogP contribution in [0.1, 0.15) is 11.1 Å². The maximum Gasteiger partial charge on any atom is 0.221 e. The molecule has 3 aromatic rings. The Morgan fingerprint density at radius 3 is 2.40 bits per heavy atom. The van der Waals surface area contributed by atoms with Crippen molar-refractivity contribution in [3.05, 3.63) is 59.8 Å². The maximum atomic E-state index is 6.01. The number of hydrogen-bond acceptors (Lipinski definition) is 8. The van der Waals surface area contributed by atoms with Crippen molar-refractivity contribution in [1.29, 1.82) is 0 Å². The smallest absolute Gasteiger partial charge is 0.221 e. The third-order valence-corrected chi connectivity index (χ3v) is 5.14. The molecule has 0 aliphatic carbocycles. The maximum absolute atomic E-state index is 6.01. The third-order valence-electron chi connectivity index (χ3n) is 4.17. The Balaban J connectivity index is 0.00000320. The Bertz CT molecular complexity index is 960. The minimum Gasteiger partial charge on any atom is -0.493 e. The molecule has 0 atom stereocenters. The number of benzene rings is 2. The van der Waals surface area contributed by atoms with E-state index in [1.165, 1.54) is 4.90 Å². The van der Waals surface area contributed by atoms with Crippen molar-refractivity contribution in [1.82, 2.24) is 9.97 Å². The Morgan fingerprint density at radius 1 is 1.00 bits per heavy atom. The fraction of sp³-hybridized carbons (Fsp3) is 0.238. The molecule has 0 fully saturated rings. The minimum absolute atomic E-state index is 0. The lowest BCUT2D eigenvalue weighted by atomic mass is 10.1. The van der Waals surface area contributed by atoms with E-state index in [0.29, 0.717) is 36.1 Å². The lowest BCUT2D eigenvalue weighted by Gasteiger charge is -2.16. The predicted molar refractivity (Wildman–Crippen MR) is 123 cm³/mol. The van der Waals surface area contributed by atoms with Gasteiger partial charge in [-0.2, -0.15) is 4.98 Å². The third kappa shape index (κ3) is 6.08. The zero-order valence-corrected chi connectivity index (χ0v) is 18.5. The number of methoxy groups -OCH3 is 2. The van der Waals surface area contributed by atoms with Gasteiger partial charge in [0.15, 0.2) is 11.5 Å². The second kappa shape index (κ2) is 11.4. The summed E-state index contributed by atoms with van der Waals surface area (Å²) in [6.45, 7) is 0.523. The van der Waals surface area contributed by atoms with E-state index in [0.717, 1.165) is 16.9 Å². The van der Waals surface area contributed by atoms with E-state index in [2.05, 4.69) is 22.1 Å². The van der Waals surface area contributed by atoms with Gasteiger partial charge in [0.1, 0.15) is 5.82 Å². The van der Waals surface area contributed by atoms with Gasteiger partial charge in [0, 0.05) is 28.8 Å². The van der Waals surface area contributed by atoms with Crippen LogP contribution in [0.3, 0.4) is 0 Å². The summed E-state index contributed by atoms with van der Waals surface area (Å²) < 4.78 is 17.0. The van der Waals surface area contributed by atoms with E-state index in [1.54, 1.807) is 32.2 Å². The Kier molecular flexibility index (Phi) is 8.89. The molecule has 7 nitrogen and oxygen atoms in total. The number of aromatic nitrogens is 2. The highest BCUT2D eigenvalue weighted by molar-refractivity contribution is 7.99. The first kappa shape index (κ1) is 23.4. The van der Waals surface area contributed by atoms with Crippen molar-refractivity contribution in [3.63, 3.8) is 0 Å². The molecular formula is C21H25ClN4O3S. The van der Waals surface area contributed by atoms with Gasteiger partial charge in [0.25, 0.3) is 0 Å². The molecule has 2 aromatic carbocycles. The summed E-state index contributed by atoms with van der Waals surface area (Å²) >= 11 is 1.73. The van der Waals surface area contributed by atoms with Crippen molar-refractivity contribution in [2.24, 2.45) is 0 Å². The molecule has 0 unspecified atom stereocenters. The van der Waals surface area contributed by atoms with Gasteiger partial charge in [0.05, 0.1) is 20.8 Å². The Labute approximate surface area is 186 Å². The minimum atomic E-state index is 0. The molecule has 0 radical (unpaired) electrons. The average molecular weight is 449 g/mol. The molecule has 3 rings (SSSR count). The van der Waals surface area contributed by atoms with Crippen LogP contribution in [0.4, 0.5) is 11.8 Å². The molecule has 0 amide bonds. The van der Waals surface area contributed by atoms with E-state index in [1.807, 2.05) is 30.3 Å². The van der Waals surface area contributed by atoms with Gasteiger partial charge in [-0.1, -0.05) is 18.2 Å². The second-order valence-corrected chi connectivity index (χ2v) is 7.32. The van der Waals surface area contributed by atoms with E-state index >= 15 is 0 Å². The van der Waals surface area contributed by atoms with E-state index in [9.17, 15) is 0 Å². The van der Waals surface area contributed by atoms with Crippen LogP contribution in [-0.4, -0.2) is 36.5 Å². The molecule has 0 spiro atoms. The van der Waals surface area contributed by atoms with Gasteiger partial charge >= 0.3 is 0 Å². The van der Waals surface area contributed by atoms with Crippen molar-refractivity contribution < 1.29 is 14.2 Å². The number of halogens is 1. The van der Waals surface area contributed by atoms with E-state index in [4.69, 9.17) is 25.7 Å². The topological polar surface area (TPSA) is 106 Å². The van der Waals surface area contributed by atoms with E-state index in [-0.39, 0.29) is 18.4 Å². The highest BCUT2D eigenvalue weighted by atomic mass is 35.5. The van der Waals surface area contributed by atoms with Gasteiger partial charge in [-0.15, -0.1) is 24.2 Å². The number of anilines is 2. The van der Waals surface area contributed by atoms with Crippen LogP contribution in [-0.2, 0) is 6.42 Å². The highest BCUT2D eigenvalue weighted by Crippen LogP contribution is 2.39. The van der Waals surface area contributed by atoms with Gasteiger partial charge in [-0.3, -0.25) is 0 Å². The molecule has 4 N–H and O–H groups in total. The summed E-state index contributed by atoms with van der Waals surface area (Å²) in [7, 11) is 3.19. The van der Waals surface area contributed by atoms with Gasteiger partial charge in [-0.25, -0.2) is 4.98 Å². The monoisotopic (exact) mass is 448 g/mol. The summed E-state index contributed by atoms with van der Waals surface area (Å²) in [5.74, 6) is 3.07. The number of thioether (sulfide) groups is 1. The highest BCUT2D eigenvalue weighted by Gasteiger charge is 2.15. The summed E-state index contributed by atoms with van der Waals surface area (Å²) in [5, 5.41) is 0. The van der Waals surface area contributed by atoms with Crippen LogP contribution in [0.25, 0.3) is 0 Å². The molecule has 0 saturated carbocycles. The van der Waals surface area contributed by atoms with Crippen LogP contribution in [0, 0.1) is 0 Å². The Morgan fingerprint density at radius 2 is 1.73 bits per heavy atom. The number of nitrogens with zero attached hydrogens (tertiary/aromatic N) is 2. The normalized spacial score (nSPS) is 10.2. The first-order chi connectivity index (χ1) is 14.1. The van der Waals surface area contributed by atoms with Gasteiger partial charge in [0.2, 0.25) is 11.7 Å². The fourth-order valence-corrected chi connectivity index (χ4v) is 3.56. The van der Waals surface area contributed by atoms with Gasteiger partial charge < -0.3 is 25.7 Å². The lowest BCUT2D eigenvalue weighted by molar-refractivity contribution is 0.298. The van der Waals surface area contributed by atoms with E-state index < -0.39 is 0 Å². The first-order valence-electron chi connectivity index (χ1n) is 9.03. The average Bonchev–Trinajstić information content (AvgIpc) is 2.73. The van der Waals surface area contributed by atoms with Crippen LogP contribution in [0.5, 0.6) is 17.2 Å². The van der Waals surface area contributed by atoms with Crippen LogP contribution in [0.2, 0.25) is 0 Å². The van der Waals surface area contributed by atoms with Crippen molar-refractivity contribution in [3.8, 4) is 17.2 Å². The molecule has 0 aliphatic rings. The predicted octanol–water partition coefficient (Wildman–Crippen LogP) is 3.84. The summed E-state index contributed by atoms with van der Waals surface area (Å²) in [5.41, 5.74) is 13.3. The molecule has 9 heteroatoms. The number of rotatable bonds is 9. The van der Waals surface area contributed by atoms with Crippen molar-refractivity contribution in [2.75, 3.05) is 38.0 Å². The SMILES string of the molecule is COc1cc(Cc2cnc(N)nc2N)cc(OCCSc2ccccc2)c1OC.Cl. The Hall–Kier alpha value is -2.84. The van der Waals surface area contributed by atoms with Crippen LogP contribution < -0.4 is 25.7 Å². The summed E-state index contributed by atoms with van der Waals surface area (Å²) in [6, 6.07) is 14.0. The summed E-state index contributed by atoms with van der Waals surface area (Å²) in [6.07, 6.45) is 2.15. The molecule has 0 aliphatic heterocycles. The first-order valence-corrected chi connectivity index (χ1v) is 10.0. The lowest BCUT2D eigenvalue weighted by Crippen LogP contribution is -2.06. The van der Waals surface area contributed by atoms with Crippen LogP contribution >= 0.6 is 24.2 Å². The van der Waals surface area contributed by atoms with Crippen LogP contribution in [0.15, 0.2) is 53.6 Å². The number of nitrogens with two attached hydrogens (primary N) is 2. The number of hydrogen-bond donors (Lipinski definition) is 2. The molecular weight excluding hydrogens is 424 g/mol. The van der Waals surface area contributed by atoms with Gasteiger partial charge in [-0.05, 0) is 29.8 Å². The summed E-state index contributed by atoms with van der Waals surface area (Å²) in [4.78, 5) is 9.24. The zero-order chi connectivity index (χ0) is 20.6. The fourth-order valence-electron chi connectivity index (χ4n) is 2.81. The van der Waals surface area contributed by atoms with Crippen molar-refractivity contribution in [2.45, 2.75) is 11.3 Å².